The molecule has 1 atom stereocenters. The Balaban J connectivity index is 2.08. The topological polar surface area (TPSA) is 32.3 Å². The van der Waals surface area contributed by atoms with Gasteiger partial charge in [0.2, 0.25) is 0 Å². The lowest BCUT2D eigenvalue weighted by Crippen LogP contribution is -2.51. The number of hydrogen-bond donors (Lipinski definition) is 1. The smallest absolute Gasteiger partial charge is 0.138 e. The summed E-state index contributed by atoms with van der Waals surface area (Å²) in [6.07, 6.45) is 0.981. The van der Waals surface area contributed by atoms with Gasteiger partial charge in [0.1, 0.15) is 6.29 Å². The average Bonchev–Trinajstić information content (AvgIpc) is 2.30. The number of para-hydroxylation sites is 1. The maximum absolute atomic E-state index is 10.6. The molecule has 2 rings (SSSR count). The Morgan fingerprint density at radius 1 is 1.36 bits per heavy atom. The van der Waals surface area contributed by atoms with Crippen molar-refractivity contribution in [2.24, 2.45) is 0 Å². The van der Waals surface area contributed by atoms with Crippen LogP contribution in [0.1, 0.15) is 0 Å². The predicted octanol–water partition coefficient (Wildman–Crippen LogP) is 0.664. The van der Waals surface area contributed by atoms with Crippen LogP contribution >= 0.6 is 0 Å². The third-order valence-corrected chi connectivity index (χ3v) is 2.49. The maximum Gasteiger partial charge on any atom is 0.138 e. The van der Waals surface area contributed by atoms with Gasteiger partial charge < -0.3 is 15.0 Å². The quantitative estimate of drug-likeness (QED) is 0.695. The van der Waals surface area contributed by atoms with Crippen molar-refractivity contribution in [2.75, 3.05) is 24.5 Å². The van der Waals surface area contributed by atoms with E-state index < -0.39 is 0 Å². The van der Waals surface area contributed by atoms with Crippen molar-refractivity contribution >= 4 is 12.0 Å². The van der Waals surface area contributed by atoms with Gasteiger partial charge in [-0.3, -0.25) is 0 Å². The normalized spacial score (nSPS) is 22.0. The standard InChI is InChI=1S/C11H14N2O/c14-9-10-8-13(7-6-12-10)11-4-2-1-3-5-11/h1-5,9-10,12H,6-8H2. The lowest BCUT2D eigenvalue weighted by molar-refractivity contribution is -0.109. The van der Waals surface area contributed by atoms with Crippen molar-refractivity contribution in [3.05, 3.63) is 30.3 Å². The van der Waals surface area contributed by atoms with Gasteiger partial charge in [-0.2, -0.15) is 0 Å². The van der Waals surface area contributed by atoms with E-state index in [-0.39, 0.29) is 6.04 Å². The summed E-state index contributed by atoms with van der Waals surface area (Å²) in [6, 6.07) is 10.2. The van der Waals surface area contributed by atoms with E-state index in [1.807, 2.05) is 18.2 Å². The van der Waals surface area contributed by atoms with Crippen molar-refractivity contribution in [3.63, 3.8) is 0 Å². The number of anilines is 1. The van der Waals surface area contributed by atoms with Gasteiger partial charge in [0.15, 0.2) is 0 Å². The van der Waals surface area contributed by atoms with Crippen LogP contribution in [0.25, 0.3) is 0 Å². The number of nitrogens with zero attached hydrogens (tertiary/aromatic N) is 1. The fourth-order valence-corrected chi connectivity index (χ4v) is 1.74. The van der Waals surface area contributed by atoms with Gasteiger partial charge in [0, 0.05) is 25.3 Å². The van der Waals surface area contributed by atoms with Crippen molar-refractivity contribution in [1.29, 1.82) is 0 Å². The van der Waals surface area contributed by atoms with Crippen LogP contribution in [-0.4, -0.2) is 32.0 Å². The molecule has 0 radical (unpaired) electrons. The minimum Gasteiger partial charge on any atom is -0.368 e. The Morgan fingerprint density at radius 2 is 2.14 bits per heavy atom. The minimum absolute atomic E-state index is 0.0241. The lowest BCUT2D eigenvalue weighted by atomic mass is 10.2. The number of carbonyl (C=O) groups is 1. The van der Waals surface area contributed by atoms with Crippen molar-refractivity contribution in [3.8, 4) is 0 Å². The highest BCUT2D eigenvalue weighted by Gasteiger charge is 2.18. The van der Waals surface area contributed by atoms with E-state index in [2.05, 4.69) is 22.3 Å². The van der Waals surface area contributed by atoms with Gasteiger partial charge in [-0.05, 0) is 12.1 Å². The van der Waals surface area contributed by atoms with Crippen molar-refractivity contribution < 1.29 is 4.79 Å². The Hall–Kier alpha value is -1.35. The van der Waals surface area contributed by atoms with Gasteiger partial charge in [0.25, 0.3) is 0 Å². The molecule has 1 unspecified atom stereocenters. The van der Waals surface area contributed by atoms with Gasteiger partial charge in [0.05, 0.1) is 6.04 Å². The van der Waals surface area contributed by atoms with E-state index >= 15 is 0 Å². The maximum atomic E-state index is 10.6. The van der Waals surface area contributed by atoms with Crippen LogP contribution < -0.4 is 10.2 Å². The van der Waals surface area contributed by atoms with E-state index in [9.17, 15) is 4.79 Å². The van der Waals surface area contributed by atoms with Gasteiger partial charge >= 0.3 is 0 Å². The second kappa shape index (κ2) is 4.24. The first-order valence-corrected chi connectivity index (χ1v) is 4.89. The van der Waals surface area contributed by atoms with Gasteiger partial charge in [-0.15, -0.1) is 0 Å². The first kappa shape index (κ1) is 9.21. The summed E-state index contributed by atoms with van der Waals surface area (Å²) in [6.45, 7) is 2.61. The number of rotatable bonds is 2. The molecule has 1 heterocycles. The molecule has 0 aliphatic carbocycles. The molecule has 0 aromatic heterocycles. The molecule has 1 N–H and O–H groups in total. The highest BCUT2D eigenvalue weighted by Crippen LogP contribution is 2.14. The summed E-state index contributed by atoms with van der Waals surface area (Å²) in [4.78, 5) is 12.9. The molecule has 3 nitrogen and oxygen atoms in total. The lowest BCUT2D eigenvalue weighted by Gasteiger charge is -2.32. The molecule has 74 valence electrons. The molecule has 1 aliphatic rings. The van der Waals surface area contributed by atoms with Crippen LogP contribution in [0.15, 0.2) is 30.3 Å². The monoisotopic (exact) mass is 190 g/mol. The second-order valence-electron chi connectivity index (χ2n) is 3.48. The zero-order chi connectivity index (χ0) is 9.80. The summed E-state index contributed by atoms with van der Waals surface area (Å²) < 4.78 is 0. The largest absolute Gasteiger partial charge is 0.368 e. The van der Waals surface area contributed by atoms with Crippen LogP contribution in [0.3, 0.4) is 0 Å². The van der Waals surface area contributed by atoms with E-state index in [1.165, 1.54) is 5.69 Å². The summed E-state index contributed by atoms with van der Waals surface area (Å²) in [5.74, 6) is 0. The summed E-state index contributed by atoms with van der Waals surface area (Å²) in [5.41, 5.74) is 1.20. The molecule has 1 fully saturated rings. The van der Waals surface area contributed by atoms with Crippen molar-refractivity contribution in [2.45, 2.75) is 6.04 Å². The van der Waals surface area contributed by atoms with E-state index in [1.54, 1.807) is 0 Å². The first-order valence-electron chi connectivity index (χ1n) is 4.89. The third kappa shape index (κ3) is 1.93. The fraction of sp³-hybridized carbons (Fsp3) is 0.364. The van der Waals surface area contributed by atoms with E-state index in [0.29, 0.717) is 0 Å². The van der Waals surface area contributed by atoms with E-state index in [4.69, 9.17) is 0 Å². The summed E-state index contributed by atoms with van der Waals surface area (Å²) in [5, 5.41) is 3.16. The number of piperazine rings is 1. The zero-order valence-electron chi connectivity index (χ0n) is 8.02. The molecule has 0 amide bonds. The molecule has 1 aromatic rings. The Morgan fingerprint density at radius 3 is 2.86 bits per heavy atom. The predicted molar refractivity (Wildman–Crippen MR) is 56.5 cm³/mol. The highest BCUT2D eigenvalue weighted by molar-refractivity contribution is 5.60. The molecule has 0 bridgehead atoms. The SMILES string of the molecule is O=CC1CN(c2ccccc2)CCN1. The van der Waals surface area contributed by atoms with Crippen LogP contribution in [0, 0.1) is 0 Å². The number of aldehydes is 1. The van der Waals surface area contributed by atoms with Crippen LogP contribution in [0.5, 0.6) is 0 Å². The minimum atomic E-state index is -0.0241. The molecule has 0 saturated carbocycles. The number of nitrogens with one attached hydrogen (secondary N) is 1. The first-order chi connectivity index (χ1) is 6.90. The second-order valence-corrected chi connectivity index (χ2v) is 3.48. The fourth-order valence-electron chi connectivity index (χ4n) is 1.74. The Kier molecular flexibility index (Phi) is 2.79. The number of benzene rings is 1. The Bertz CT molecular complexity index is 299. The van der Waals surface area contributed by atoms with Crippen LogP contribution in [-0.2, 0) is 4.79 Å². The van der Waals surface area contributed by atoms with Crippen LogP contribution in [0.4, 0.5) is 5.69 Å². The van der Waals surface area contributed by atoms with E-state index in [0.717, 1.165) is 25.9 Å². The Labute approximate surface area is 83.7 Å². The average molecular weight is 190 g/mol. The summed E-state index contributed by atoms with van der Waals surface area (Å²) in [7, 11) is 0. The third-order valence-electron chi connectivity index (χ3n) is 2.49. The number of carbonyl (C=O) groups excluding carboxylic acids is 1. The van der Waals surface area contributed by atoms with Gasteiger partial charge in [-0.25, -0.2) is 0 Å². The van der Waals surface area contributed by atoms with Crippen LogP contribution in [0.2, 0.25) is 0 Å². The molecule has 1 saturated heterocycles. The molecule has 1 aromatic carbocycles. The molecule has 3 heteroatoms. The molecular weight excluding hydrogens is 176 g/mol. The van der Waals surface area contributed by atoms with Gasteiger partial charge in [-0.1, -0.05) is 18.2 Å². The summed E-state index contributed by atoms with van der Waals surface area (Å²) >= 11 is 0. The molecular formula is C11H14N2O. The molecule has 1 aliphatic heterocycles. The molecule has 0 spiro atoms. The number of hydrogen-bond acceptors (Lipinski definition) is 3. The van der Waals surface area contributed by atoms with Crippen molar-refractivity contribution in [1.82, 2.24) is 5.32 Å². The zero-order valence-corrected chi connectivity index (χ0v) is 8.02. The highest BCUT2D eigenvalue weighted by atomic mass is 16.1. The molecule has 14 heavy (non-hydrogen) atoms.